The fraction of sp³-hybridized carbons (Fsp3) is 0.273. The molecule has 0 spiro atoms. The van der Waals surface area contributed by atoms with Gasteiger partial charge in [0.1, 0.15) is 0 Å². The molecule has 0 atom stereocenters. The largest absolute Gasteiger partial charge is 0.398 e. The molecule has 1 heterocycles. The van der Waals surface area contributed by atoms with Crippen LogP contribution in [0, 0.1) is 13.8 Å². The van der Waals surface area contributed by atoms with E-state index in [1.807, 2.05) is 13.8 Å². The zero-order valence-electron chi connectivity index (χ0n) is 10.5. The maximum absolute atomic E-state index is 12.1. The number of nitrogens with one attached hydrogen (secondary N) is 1. The molecule has 2 aromatic rings. The van der Waals surface area contributed by atoms with Crippen molar-refractivity contribution in [2.24, 2.45) is 0 Å². The fourth-order valence-electron chi connectivity index (χ4n) is 1.52. The Morgan fingerprint density at radius 2 is 2.11 bits per heavy atom. The second-order valence-corrected chi connectivity index (χ2v) is 5.89. The molecule has 8 heteroatoms. The first kappa shape index (κ1) is 13.5. The SMILES string of the molecule is Cc1cc(S(=O)(=O)NCc2ncon2)cc(N)c1C. The van der Waals surface area contributed by atoms with Gasteiger partial charge in [0.25, 0.3) is 0 Å². The number of benzene rings is 1. The van der Waals surface area contributed by atoms with Crippen molar-refractivity contribution >= 4 is 15.7 Å². The Kier molecular flexibility index (Phi) is 3.54. The number of aromatic nitrogens is 2. The molecule has 0 saturated carbocycles. The van der Waals surface area contributed by atoms with E-state index >= 15 is 0 Å². The van der Waals surface area contributed by atoms with Crippen molar-refractivity contribution in [1.82, 2.24) is 14.9 Å². The molecular weight excluding hydrogens is 268 g/mol. The number of aryl methyl sites for hydroxylation is 1. The van der Waals surface area contributed by atoms with Crippen LogP contribution in [0.1, 0.15) is 17.0 Å². The van der Waals surface area contributed by atoms with Crippen molar-refractivity contribution in [3.05, 3.63) is 35.5 Å². The number of sulfonamides is 1. The molecule has 3 N–H and O–H groups in total. The monoisotopic (exact) mass is 282 g/mol. The molecule has 0 aliphatic heterocycles. The zero-order valence-corrected chi connectivity index (χ0v) is 11.4. The van der Waals surface area contributed by atoms with Gasteiger partial charge >= 0.3 is 0 Å². The normalized spacial score (nSPS) is 11.7. The van der Waals surface area contributed by atoms with Crippen molar-refractivity contribution in [2.45, 2.75) is 25.3 Å². The van der Waals surface area contributed by atoms with Crippen LogP contribution in [0.2, 0.25) is 0 Å². The summed E-state index contributed by atoms with van der Waals surface area (Å²) in [5.41, 5.74) is 7.91. The van der Waals surface area contributed by atoms with Crippen LogP contribution in [0.4, 0.5) is 5.69 Å². The minimum Gasteiger partial charge on any atom is -0.398 e. The molecule has 0 bridgehead atoms. The van der Waals surface area contributed by atoms with Crippen LogP contribution >= 0.6 is 0 Å². The van der Waals surface area contributed by atoms with Crippen LogP contribution in [0.3, 0.4) is 0 Å². The molecule has 0 aliphatic rings. The van der Waals surface area contributed by atoms with Crippen LogP contribution in [0.25, 0.3) is 0 Å². The lowest BCUT2D eigenvalue weighted by Crippen LogP contribution is -2.24. The number of hydrogen-bond acceptors (Lipinski definition) is 6. The third-order valence-corrected chi connectivity index (χ3v) is 4.20. The summed E-state index contributed by atoms with van der Waals surface area (Å²) in [6, 6.07) is 3.01. The molecule has 0 amide bonds. The first-order valence-corrected chi connectivity index (χ1v) is 7.00. The van der Waals surface area contributed by atoms with E-state index in [4.69, 9.17) is 5.73 Å². The third-order valence-electron chi connectivity index (χ3n) is 2.82. The van der Waals surface area contributed by atoms with Crippen LogP contribution in [-0.4, -0.2) is 18.6 Å². The Morgan fingerprint density at radius 1 is 1.37 bits per heavy atom. The second-order valence-electron chi connectivity index (χ2n) is 4.13. The molecule has 102 valence electrons. The number of anilines is 1. The summed E-state index contributed by atoms with van der Waals surface area (Å²) in [6.07, 6.45) is 1.14. The van der Waals surface area contributed by atoms with Gasteiger partial charge in [-0.1, -0.05) is 5.16 Å². The predicted molar refractivity (Wildman–Crippen MR) is 68.7 cm³/mol. The Hall–Kier alpha value is -1.93. The first-order valence-electron chi connectivity index (χ1n) is 5.52. The molecule has 1 aromatic carbocycles. The van der Waals surface area contributed by atoms with E-state index in [0.29, 0.717) is 5.69 Å². The smallest absolute Gasteiger partial charge is 0.241 e. The van der Waals surface area contributed by atoms with Gasteiger partial charge in [-0.15, -0.1) is 0 Å². The summed E-state index contributed by atoms with van der Waals surface area (Å²) >= 11 is 0. The van der Waals surface area contributed by atoms with Crippen molar-refractivity contribution in [1.29, 1.82) is 0 Å². The van der Waals surface area contributed by atoms with E-state index in [1.54, 1.807) is 6.07 Å². The number of nitrogen functional groups attached to an aromatic ring is 1. The average Bonchev–Trinajstić information content (AvgIpc) is 2.86. The van der Waals surface area contributed by atoms with Gasteiger partial charge in [0.05, 0.1) is 11.4 Å². The summed E-state index contributed by atoms with van der Waals surface area (Å²) in [5, 5.41) is 3.52. The summed E-state index contributed by atoms with van der Waals surface area (Å²) in [5.74, 6) is 0.264. The van der Waals surface area contributed by atoms with Gasteiger partial charge in [-0.2, -0.15) is 4.98 Å². The van der Waals surface area contributed by atoms with E-state index in [0.717, 1.165) is 17.5 Å². The predicted octanol–water partition coefficient (Wildman–Crippen LogP) is 0.747. The topological polar surface area (TPSA) is 111 Å². The van der Waals surface area contributed by atoms with Crippen LogP contribution in [0.5, 0.6) is 0 Å². The molecule has 19 heavy (non-hydrogen) atoms. The van der Waals surface area contributed by atoms with Gasteiger partial charge in [-0.3, -0.25) is 0 Å². The van der Waals surface area contributed by atoms with Gasteiger partial charge in [-0.25, -0.2) is 13.1 Å². The minimum atomic E-state index is -3.65. The van der Waals surface area contributed by atoms with E-state index in [1.165, 1.54) is 6.07 Å². The Bertz CT molecular complexity index is 657. The lowest BCUT2D eigenvalue weighted by molar-refractivity contribution is 0.409. The number of hydrogen-bond donors (Lipinski definition) is 2. The Balaban J connectivity index is 2.24. The molecule has 0 saturated heterocycles. The molecular formula is C11H14N4O3S. The molecule has 7 nitrogen and oxygen atoms in total. The van der Waals surface area contributed by atoms with Gasteiger partial charge in [0, 0.05) is 5.69 Å². The second kappa shape index (κ2) is 4.98. The van der Waals surface area contributed by atoms with E-state index in [-0.39, 0.29) is 17.3 Å². The van der Waals surface area contributed by atoms with Gasteiger partial charge in [0.15, 0.2) is 5.82 Å². The van der Waals surface area contributed by atoms with Crippen LogP contribution in [0.15, 0.2) is 27.9 Å². The molecule has 2 rings (SSSR count). The standard InChI is InChI=1S/C11H14N4O3S/c1-7-3-9(4-10(12)8(7)2)19(16,17)14-5-11-13-6-18-15-11/h3-4,6,14H,5,12H2,1-2H3. The van der Waals surface area contributed by atoms with Gasteiger partial charge in [-0.05, 0) is 37.1 Å². The zero-order chi connectivity index (χ0) is 14.0. The van der Waals surface area contributed by atoms with Crippen molar-refractivity contribution in [3.8, 4) is 0 Å². The molecule has 0 aliphatic carbocycles. The van der Waals surface area contributed by atoms with Gasteiger partial charge in [0.2, 0.25) is 16.4 Å². The van der Waals surface area contributed by atoms with E-state index in [2.05, 4.69) is 19.4 Å². The van der Waals surface area contributed by atoms with Crippen LogP contribution < -0.4 is 10.5 Å². The van der Waals surface area contributed by atoms with Crippen molar-refractivity contribution in [2.75, 3.05) is 5.73 Å². The van der Waals surface area contributed by atoms with Gasteiger partial charge < -0.3 is 10.3 Å². The summed E-state index contributed by atoms with van der Waals surface area (Å²) in [4.78, 5) is 3.85. The maximum Gasteiger partial charge on any atom is 0.241 e. The number of nitrogens with zero attached hydrogens (tertiary/aromatic N) is 2. The molecule has 0 radical (unpaired) electrons. The Morgan fingerprint density at radius 3 is 2.68 bits per heavy atom. The third kappa shape index (κ3) is 2.91. The fourth-order valence-corrected chi connectivity index (χ4v) is 2.62. The first-order chi connectivity index (χ1) is 8.90. The van der Waals surface area contributed by atoms with Crippen molar-refractivity contribution < 1.29 is 12.9 Å². The highest BCUT2D eigenvalue weighted by Crippen LogP contribution is 2.21. The summed E-state index contributed by atoms with van der Waals surface area (Å²) in [6.45, 7) is 3.61. The molecule has 0 unspecified atom stereocenters. The maximum atomic E-state index is 12.1. The average molecular weight is 282 g/mol. The minimum absolute atomic E-state index is 0.0360. The lowest BCUT2D eigenvalue weighted by Gasteiger charge is -2.10. The summed E-state index contributed by atoms with van der Waals surface area (Å²) in [7, 11) is -3.65. The Labute approximate surface area is 110 Å². The lowest BCUT2D eigenvalue weighted by atomic mass is 10.1. The quantitative estimate of drug-likeness (QED) is 0.800. The number of nitrogens with two attached hydrogens (primary N) is 1. The highest BCUT2D eigenvalue weighted by atomic mass is 32.2. The highest BCUT2D eigenvalue weighted by Gasteiger charge is 2.16. The van der Waals surface area contributed by atoms with Crippen LogP contribution in [-0.2, 0) is 16.6 Å². The van der Waals surface area contributed by atoms with E-state index in [9.17, 15) is 8.42 Å². The molecule has 0 fully saturated rings. The summed E-state index contributed by atoms with van der Waals surface area (Å²) < 4.78 is 31.1. The van der Waals surface area contributed by atoms with Crippen molar-refractivity contribution in [3.63, 3.8) is 0 Å². The highest BCUT2D eigenvalue weighted by molar-refractivity contribution is 7.89. The van der Waals surface area contributed by atoms with E-state index < -0.39 is 10.0 Å². The molecule has 1 aromatic heterocycles. The number of rotatable bonds is 4.